The highest BCUT2D eigenvalue weighted by molar-refractivity contribution is 5.95. The summed E-state index contributed by atoms with van der Waals surface area (Å²) in [7, 11) is 0. The fraction of sp³-hybridized carbons (Fsp3) is 0.300. The van der Waals surface area contributed by atoms with Gasteiger partial charge in [0.05, 0.1) is 0 Å². The number of nitrogens with zero attached hydrogens (tertiary/aromatic N) is 2. The van der Waals surface area contributed by atoms with Crippen molar-refractivity contribution in [3.8, 4) is 0 Å². The van der Waals surface area contributed by atoms with E-state index in [1.807, 2.05) is 13.8 Å². The molecule has 0 aromatic carbocycles. The Hall–Kier alpha value is -1.71. The van der Waals surface area contributed by atoms with Crippen LogP contribution in [0.4, 0.5) is 0 Å². The van der Waals surface area contributed by atoms with E-state index < -0.39 is 0 Å². The van der Waals surface area contributed by atoms with Gasteiger partial charge < -0.3 is 0 Å². The average Bonchev–Trinajstić information content (AvgIpc) is 2.26. The molecule has 0 spiro atoms. The van der Waals surface area contributed by atoms with Gasteiger partial charge >= 0.3 is 0 Å². The maximum Gasteiger partial charge on any atom is 0.271 e. The van der Waals surface area contributed by atoms with E-state index in [9.17, 15) is 4.79 Å². The Labute approximate surface area is 83.1 Å². The zero-order valence-corrected chi connectivity index (χ0v) is 8.32. The normalized spacial score (nSPS) is 11.1. The number of carbonyl (C=O) groups excluding carboxylic acids is 1. The Bertz CT molecular complexity index is 332. The van der Waals surface area contributed by atoms with Crippen LogP contribution in [-0.4, -0.2) is 16.6 Å². The molecule has 14 heavy (non-hydrogen) atoms. The molecule has 0 aliphatic rings. The molecule has 0 aliphatic carbocycles. The third-order valence-corrected chi connectivity index (χ3v) is 1.80. The Balaban J connectivity index is 2.60. The molecule has 4 heteroatoms. The molecule has 1 aromatic rings. The van der Waals surface area contributed by atoms with Gasteiger partial charge in [-0.05, 0) is 25.5 Å². The number of pyridine rings is 1. The fourth-order valence-corrected chi connectivity index (χ4v) is 0.793. The summed E-state index contributed by atoms with van der Waals surface area (Å²) in [4.78, 5) is 15.2. The first-order valence-corrected chi connectivity index (χ1v) is 4.47. The largest absolute Gasteiger partial charge is 0.271 e. The predicted octanol–water partition coefficient (Wildman–Crippen LogP) is 1.60. The average molecular weight is 191 g/mol. The SMILES string of the molecule is CCC(C)=NNC(=O)c1ccncc1. The predicted molar refractivity (Wildman–Crippen MR) is 55.1 cm³/mol. The van der Waals surface area contributed by atoms with Gasteiger partial charge in [-0.1, -0.05) is 6.92 Å². The first-order valence-electron chi connectivity index (χ1n) is 4.47. The molecule has 0 aliphatic heterocycles. The van der Waals surface area contributed by atoms with E-state index in [0.717, 1.165) is 12.1 Å². The molecular formula is C10H13N3O. The molecule has 0 fully saturated rings. The molecule has 4 nitrogen and oxygen atoms in total. The highest BCUT2D eigenvalue weighted by Crippen LogP contribution is 1.95. The molecular weight excluding hydrogens is 178 g/mol. The van der Waals surface area contributed by atoms with Gasteiger partial charge in [0.1, 0.15) is 0 Å². The number of hydrogen-bond donors (Lipinski definition) is 1. The molecule has 0 saturated carbocycles. The van der Waals surface area contributed by atoms with E-state index in [2.05, 4.69) is 15.5 Å². The van der Waals surface area contributed by atoms with Crippen LogP contribution < -0.4 is 5.43 Å². The van der Waals surface area contributed by atoms with Crippen LogP contribution in [0, 0.1) is 0 Å². The molecule has 0 bridgehead atoms. The number of amides is 1. The number of carbonyl (C=O) groups is 1. The zero-order chi connectivity index (χ0) is 10.4. The first-order chi connectivity index (χ1) is 6.74. The van der Waals surface area contributed by atoms with Gasteiger partial charge in [-0.3, -0.25) is 9.78 Å². The summed E-state index contributed by atoms with van der Waals surface area (Å²) in [6.45, 7) is 3.85. The standard InChI is InChI=1S/C10H13N3O/c1-3-8(2)12-13-10(14)9-4-6-11-7-5-9/h4-7H,3H2,1-2H3,(H,13,14). The molecule has 1 N–H and O–H groups in total. The highest BCUT2D eigenvalue weighted by Gasteiger charge is 2.02. The fourth-order valence-electron chi connectivity index (χ4n) is 0.793. The van der Waals surface area contributed by atoms with Crippen molar-refractivity contribution in [2.75, 3.05) is 0 Å². The van der Waals surface area contributed by atoms with Crippen molar-refractivity contribution in [1.82, 2.24) is 10.4 Å². The molecule has 1 amide bonds. The van der Waals surface area contributed by atoms with Crippen molar-refractivity contribution in [2.45, 2.75) is 20.3 Å². The molecule has 1 heterocycles. The summed E-state index contributed by atoms with van der Waals surface area (Å²) in [6.07, 6.45) is 3.98. The quantitative estimate of drug-likeness (QED) is 0.582. The summed E-state index contributed by atoms with van der Waals surface area (Å²) in [5.41, 5.74) is 3.93. The number of hydrazone groups is 1. The Morgan fingerprint density at radius 3 is 2.71 bits per heavy atom. The molecule has 74 valence electrons. The van der Waals surface area contributed by atoms with Crippen molar-refractivity contribution in [3.05, 3.63) is 30.1 Å². The second-order valence-electron chi connectivity index (χ2n) is 2.88. The van der Waals surface area contributed by atoms with Crippen molar-refractivity contribution < 1.29 is 4.79 Å². The van der Waals surface area contributed by atoms with Gasteiger partial charge in [-0.15, -0.1) is 0 Å². The van der Waals surface area contributed by atoms with E-state index in [-0.39, 0.29) is 5.91 Å². The number of rotatable bonds is 3. The third kappa shape index (κ3) is 2.97. The highest BCUT2D eigenvalue weighted by atomic mass is 16.2. The molecule has 0 atom stereocenters. The van der Waals surface area contributed by atoms with Crippen LogP contribution in [0.5, 0.6) is 0 Å². The zero-order valence-electron chi connectivity index (χ0n) is 8.32. The van der Waals surface area contributed by atoms with Gasteiger partial charge in [-0.2, -0.15) is 5.10 Å². The van der Waals surface area contributed by atoms with Crippen LogP contribution in [-0.2, 0) is 0 Å². The minimum Gasteiger partial charge on any atom is -0.267 e. The number of hydrogen-bond acceptors (Lipinski definition) is 3. The third-order valence-electron chi connectivity index (χ3n) is 1.80. The van der Waals surface area contributed by atoms with Crippen LogP contribution >= 0.6 is 0 Å². The second kappa shape index (κ2) is 5.11. The van der Waals surface area contributed by atoms with Crippen LogP contribution in [0.2, 0.25) is 0 Å². The van der Waals surface area contributed by atoms with Crippen molar-refractivity contribution in [2.24, 2.45) is 5.10 Å². The lowest BCUT2D eigenvalue weighted by molar-refractivity contribution is 0.0954. The lowest BCUT2D eigenvalue weighted by Crippen LogP contribution is -2.18. The summed E-state index contributed by atoms with van der Waals surface area (Å²) in [6, 6.07) is 3.29. The van der Waals surface area contributed by atoms with Gasteiger partial charge in [0.2, 0.25) is 0 Å². The topological polar surface area (TPSA) is 54.4 Å². The first kappa shape index (κ1) is 10.4. The Kier molecular flexibility index (Phi) is 3.79. The van der Waals surface area contributed by atoms with E-state index in [1.54, 1.807) is 24.5 Å². The van der Waals surface area contributed by atoms with Crippen LogP contribution in [0.3, 0.4) is 0 Å². The number of nitrogens with one attached hydrogen (secondary N) is 1. The Morgan fingerprint density at radius 1 is 1.50 bits per heavy atom. The lowest BCUT2D eigenvalue weighted by Gasteiger charge is -1.99. The number of aromatic nitrogens is 1. The lowest BCUT2D eigenvalue weighted by atomic mass is 10.3. The monoisotopic (exact) mass is 191 g/mol. The summed E-state index contributed by atoms with van der Waals surface area (Å²) in [5, 5.41) is 3.92. The molecule has 1 rings (SSSR count). The van der Waals surface area contributed by atoms with Crippen molar-refractivity contribution in [3.63, 3.8) is 0 Å². The smallest absolute Gasteiger partial charge is 0.267 e. The van der Waals surface area contributed by atoms with Gasteiger partial charge in [0.15, 0.2) is 0 Å². The van der Waals surface area contributed by atoms with Crippen LogP contribution in [0.1, 0.15) is 30.6 Å². The molecule has 0 unspecified atom stereocenters. The summed E-state index contributed by atoms with van der Waals surface area (Å²) >= 11 is 0. The van der Waals surface area contributed by atoms with Crippen molar-refractivity contribution >= 4 is 11.6 Å². The summed E-state index contributed by atoms with van der Waals surface area (Å²) in [5.74, 6) is -0.208. The van der Waals surface area contributed by atoms with Gasteiger partial charge in [0, 0.05) is 23.7 Å². The van der Waals surface area contributed by atoms with E-state index in [0.29, 0.717) is 5.56 Å². The van der Waals surface area contributed by atoms with Crippen LogP contribution in [0.25, 0.3) is 0 Å². The van der Waals surface area contributed by atoms with Gasteiger partial charge in [-0.25, -0.2) is 5.43 Å². The minimum absolute atomic E-state index is 0.208. The second-order valence-corrected chi connectivity index (χ2v) is 2.88. The van der Waals surface area contributed by atoms with Gasteiger partial charge in [0.25, 0.3) is 5.91 Å². The van der Waals surface area contributed by atoms with E-state index in [4.69, 9.17) is 0 Å². The maximum absolute atomic E-state index is 11.4. The van der Waals surface area contributed by atoms with Crippen LogP contribution in [0.15, 0.2) is 29.6 Å². The molecule has 0 radical (unpaired) electrons. The van der Waals surface area contributed by atoms with Crippen molar-refractivity contribution in [1.29, 1.82) is 0 Å². The molecule has 0 saturated heterocycles. The van der Waals surface area contributed by atoms with E-state index >= 15 is 0 Å². The van der Waals surface area contributed by atoms with E-state index in [1.165, 1.54) is 0 Å². The summed E-state index contributed by atoms with van der Waals surface area (Å²) < 4.78 is 0. The Morgan fingerprint density at radius 2 is 2.14 bits per heavy atom. The maximum atomic E-state index is 11.4. The minimum atomic E-state index is -0.208. The molecule has 1 aromatic heterocycles.